The fraction of sp³-hybridized carbons (Fsp3) is 1.00. The van der Waals surface area contributed by atoms with Crippen molar-refractivity contribution in [2.75, 3.05) is 19.7 Å². The SMILES string of the molecule is CCNC1CC2CCC(C1)N2CCC1CCCCO1. The van der Waals surface area contributed by atoms with Gasteiger partial charge in [-0.1, -0.05) is 6.92 Å². The van der Waals surface area contributed by atoms with Gasteiger partial charge < -0.3 is 10.1 Å². The molecule has 3 rings (SSSR count). The maximum absolute atomic E-state index is 5.88. The van der Waals surface area contributed by atoms with Gasteiger partial charge in [0.1, 0.15) is 0 Å². The summed E-state index contributed by atoms with van der Waals surface area (Å²) < 4.78 is 5.88. The number of hydrogen-bond acceptors (Lipinski definition) is 3. The van der Waals surface area contributed by atoms with Crippen molar-refractivity contribution in [3.8, 4) is 0 Å². The standard InChI is InChI=1S/C16H30N2O/c1-2-17-13-11-14-6-7-15(12-13)18(14)9-8-16-5-3-4-10-19-16/h13-17H,2-12H2,1H3. The Morgan fingerprint density at radius 3 is 2.53 bits per heavy atom. The lowest BCUT2D eigenvalue weighted by Gasteiger charge is -2.40. The second-order valence-electron chi connectivity index (χ2n) is 6.63. The van der Waals surface area contributed by atoms with E-state index in [9.17, 15) is 0 Å². The highest BCUT2D eigenvalue weighted by Gasteiger charge is 2.40. The molecule has 3 saturated heterocycles. The van der Waals surface area contributed by atoms with Crippen LogP contribution < -0.4 is 5.32 Å². The van der Waals surface area contributed by atoms with E-state index in [1.54, 1.807) is 0 Å². The smallest absolute Gasteiger partial charge is 0.0587 e. The van der Waals surface area contributed by atoms with Crippen LogP contribution in [-0.4, -0.2) is 48.8 Å². The highest BCUT2D eigenvalue weighted by atomic mass is 16.5. The number of fused-ring (bicyclic) bond motifs is 2. The topological polar surface area (TPSA) is 24.5 Å². The lowest BCUT2D eigenvalue weighted by atomic mass is 9.96. The lowest BCUT2D eigenvalue weighted by molar-refractivity contribution is -0.00134. The molecular formula is C16H30N2O. The number of nitrogens with one attached hydrogen (secondary N) is 1. The monoisotopic (exact) mass is 266 g/mol. The summed E-state index contributed by atoms with van der Waals surface area (Å²) in [5.41, 5.74) is 0. The molecule has 0 spiro atoms. The van der Waals surface area contributed by atoms with Crippen LogP contribution in [0.15, 0.2) is 0 Å². The Bertz CT molecular complexity index is 264. The van der Waals surface area contributed by atoms with Crippen LogP contribution in [0.25, 0.3) is 0 Å². The third-order valence-electron chi connectivity index (χ3n) is 5.36. The van der Waals surface area contributed by atoms with E-state index >= 15 is 0 Å². The van der Waals surface area contributed by atoms with E-state index in [4.69, 9.17) is 4.74 Å². The molecule has 0 radical (unpaired) electrons. The van der Waals surface area contributed by atoms with E-state index in [1.165, 1.54) is 57.9 Å². The summed E-state index contributed by atoms with van der Waals surface area (Å²) in [5.74, 6) is 0. The zero-order chi connectivity index (χ0) is 13.1. The Morgan fingerprint density at radius 1 is 1.11 bits per heavy atom. The first-order valence-corrected chi connectivity index (χ1v) is 8.47. The summed E-state index contributed by atoms with van der Waals surface area (Å²) >= 11 is 0. The Labute approximate surface area is 118 Å². The van der Waals surface area contributed by atoms with Crippen molar-refractivity contribution in [3.05, 3.63) is 0 Å². The normalized spacial score (nSPS) is 39.6. The molecule has 0 aromatic rings. The largest absolute Gasteiger partial charge is 0.378 e. The van der Waals surface area contributed by atoms with Crippen molar-refractivity contribution in [1.29, 1.82) is 0 Å². The van der Waals surface area contributed by atoms with Crippen LogP contribution in [0.5, 0.6) is 0 Å². The second-order valence-corrected chi connectivity index (χ2v) is 6.63. The van der Waals surface area contributed by atoms with Crippen molar-refractivity contribution in [1.82, 2.24) is 10.2 Å². The molecule has 3 heterocycles. The third-order valence-corrected chi connectivity index (χ3v) is 5.36. The van der Waals surface area contributed by atoms with E-state index in [2.05, 4.69) is 17.1 Å². The van der Waals surface area contributed by atoms with Crippen LogP contribution in [0.1, 0.15) is 58.3 Å². The molecule has 2 bridgehead atoms. The minimum atomic E-state index is 0.555. The van der Waals surface area contributed by atoms with Crippen molar-refractivity contribution in [3.63, 3.8) is 0 Å². The van der Waals surface area contributed by atoms with E-state index in [0.29, 0.717) is 6.10 Å². The Balaban J connectivity index is 1.47. The van der Waals surface area contributed by atoms with E-state index < -0.39 is 0 Å². The summed E-state index contributed by atoms with van der Waals surface area (Å²) in [5, 5.41) is 3.66. The fourth-order valence-electron chi connectivity index (χ4n) is 4.42. The van der Waals surface area contributed by atoms with Crippen LogP contribution in [0.4, 0.5) is 0 Å². The number of ether oxygens (including phenoxy) is 1. The van der Waals surface area contributed by atoms with Gasteiger partial charge in [-0.25, -0.2) is 0 Å². The molecule has 0 aromatic carbocycles. The van der Waals surface area contributed by atoms with Gasteiger partial charge >= 0.3 is 0 Å². The summed E-state index contributed by atoms with van der Waals surface area (Å²) in [6.07, 6.45) is 11.4. The maximum Gasteiger partial charge on any atom is 0.0587 e. The fourth-order valence-corrected chi connectivity index (χ4v) is 4.42. The van der Waals surface area contributed by atoms with Crippen LogP contribution in [-0.2, 0) is 4.74 Å². The molecule has 19 heavy (non-hydrogen) atoms. The summed E-state index contributed by atoms with van der Waals surface area (Å²) in [7, 11) is 0. The van der Waals surface area contributed by atoms with Gasteiger partial charge in [-0.3, -0.25) is 4.90 Å². The first-order valence-electron chi connectivity index (χ1n) is 8.47. The zero-order valence-electron chi connectivity index (χ0n) is 12.4. The summed E-state index contributed by atoms with van der Waals surface area (Å²) in [4.78, 5) is 2.81. The quantitative estimate of drug-likeness (QED) is 0.827. The lowest BCUT2D eigenvalue weighted by Crippen LogP contribution is -2.49. The molecule has 0 amide bonds. The van der Waals surface area contributed by atoms with Gasteiger partial charge in [0, 0.05) is 31.3 Å². The van der Waals surface area contributed by atoms with Gasteiger partial charge in [-0.2, -0.15) is 0 Å². The molecule has 3 aliphatic heterocycles. The number of rotatable bonds is 5. The summed E-state index contributed by atoms with van der Waals surface area (Å²) in [6, 6.07) is 2.49. The van der Waals surface area contributed by atoms with Gasteiger partial charge in [-0.15, -0.1) is 0 Å². The third kappa shape index (κ3) is 3.32. The van der Waals surface area contributed by atoms with Crippen molar-refractivity contribution in [2.24, 2.45) is 0 Å². The molecule has 3 heteroatoms. The predicted molar refractivity (Wildman–Crippen MR) is 78.4 cm³/mol. The van der Waals surface area contributed by atoms with Gasteiger partial charge in [0.15, 0.2) is 0 Å². The van der Waals surface area contributed by atoms with Gasteiger partial charge in [0.25, 0.3) is 0 Å². The van der Waals surface area contributed by atoms with Gasteiger partial charge in [0.2, 0.25) is 0 Å². The molecular weight excluding hydrogens is 236 g/mol. The molecule has 3 atom stereocenters. The van der Waals surface area contributed by atoms with Crippen molar-refractivity contribution < 1.29 is 4.74 Å². The molecule has 0 saturated carbocycles. The summed E-state index contributed by atoms with van der Waals surface area (Å²) in [6.45, 7) is 5.63. The molecule has 0 aliphatic carbocycles. The Morgan fingerprint density at radius 2 is 1.89 bits per heavy atom. The first-order chi connectivity index (χ1) is 9.36. The molecule has 110 valence electrons. The minimum Gasteiger partial charge on any atom is -0.378 e. The Hall–Kier alpha value is -0.120. The molecule has 3 unspecified atom stereocenters. The number of nitrogens with zero attached hydrogens (tertiary/aromatic N) is 1. The van der Waals surface area contributed by atoms with Crippen LogP contribution in [0, 0.1) is 0 Å². The minimum absolute atomic E-state index is 0.555. The number of hydrogen-bond donors (Lipinski definition) is 1. The average Bonchev–Trinajstić information content (AvgIpc) is 2.68. The molecule has 1 N–H and O–H groups in total. The molecule has 3 nitrogen and oxygen atoms in total. The van der Waals surface area contributed by atoms with Crippen LogP contribution in [0.3, 0.4) is 0 Å². The van der Waals surface area contributed by atoms with E-state index in [1.807, 2.05) is 0 Å². The van der Waals surface area contributed by atoms with Gasteiger partial charge in [0.05, 0.1) is 6.10 Å². The number of piperidine rings is 1. The highest BCUT2D eigenvalue weighted by molar-refractivity contribution is 4.97. The highest BCUT2D eigenvalue weighted by Crippen LogP contribution is 2.36. The maximum atomic E-state index is 5.88. The molecule has 0 aromatic heterocycles. The Kier molecular flexibility index (Phi) is 4.78. The molecule has 3 fully saturated rings. The van der Waals surface area contributed by atoms with E-state index in [-0.39, 0.29) is 0 Å². The predicted octanol–water partition coefficient (Wildman–Crippen LogP) is 2.55. The average molecular weight is 266 g/mol. The van der Waals surface area contributed by atoms with Crippen LogP contribution >= 0.6 is 0 Å². The molecule has 3 aliphatic rings. The first kappa shape index (κ1) is 13.8. The van der Waals surface area contributed by atoms with E-state index in [0.717, 1.165) is 31.3 Å². The zero-order valence-corrected chi connectivity index (χ0v) is 12.4. The second kappa shape index (κ2) is 6.55. The van der Waals surface area contributed by atoms with Crippen molar-refractivity contribution >= 4 is 0 Å². The van der Waals surface area contributed by atoms with Crippen molar-refractivity contribution in [2.45, 2.75) is 82.5 Å². The van der Waals surface area contributed by atoms with Crippen LogP contribution in [0.2, 0.25) is 0 Å². The van der Waals surface area contributed by atoms with Gasteiger partial charge in [-0.05, 0) is 57.9 Å².